The lowest BCUT2D eigenvalue weighted by Crippen LogP contribution is -1.94. The van der Waals surface area contributed by atoms with Gasteiger partial charge in [-0.3, -0.25) is 0 Å². The Balaban J connectivity index is 2.14. The van der Waals surface area contributed by atoms with Gasteiger partial charge in [0.25, 0.3) is 0 Å². The van der Waals surface area contributed by atoms with Crippen molar-refractivity contribution in [1.82, 2.24) is 28.3 Å². The van der Waals surface area contributed by atoms with Gasteiger partial charge >= 0.3 is 0 Å². The Morgan fingerprint density at radius 2 is 1.45 bits per heavy atom. The Morgan fingerprint density at radius 1 is 0.909 bits per heavy atom. The molecule has 0 N–H and O–H groups in total. The standard InChI is InChI=1S/C4H4N6S/c1-5-3-9(7-1)11-10-4-6-2-8-10/h1-4H. The zero-order chi connectivity index (χ0) is 7.52. The van der Waals surface area contributed by atoms with Crippen molar-refractivity contribution < 1.29 is 0 Å². The maximum atomic E-state index is 3.87. The van der Waals surface area contributed by atoms with E-state index in [9.17, 15) is 0 Å². The smallest absolute Gasteiger partial charge is 0.138 e. The Bertz CT molecular complexity index is 267. The third-order valence-electron chi connectivity index (χ3n) is 0.962. The molecule has 2 aromatic heterocycles. The van der Waals surface area contributed by atoms with Crippen LogP contribution in [0.2, 0.25) is 0 Å². The molecule has 11 heavy (non-hydrogen) atoms. The highest BCUT2D eigenvalue weighted by Gasteiger charge is 1.93. The molecule has 2 heterocycles. The first-order chi connectivity index (χ1) is 5.45. The fraction of sp³-hybridized carbons (Fsp3) is 0. The molecular formula is C4H4N6S. The van der Waals surface area contributed by atoms with Gasteiger partial charge < -0.3 is 0 Å². The van der Waals surface area contributed by atoms with Crippen molar-refractivity contribution in [3.05, 3.63) is 25.3 Å². The van der Waals surface area contributed by atoms with E-state index in [0.29, 0.717) is 0 Å². The summed E-state index contributed by atoms with van der Waals surface area (Å²) in [6.07, 6.45) is 6.10. The third-order valence-corrected chi connectivity index (χ3v) is 1.67. The van der Waals surface area contributed by atoms with E-state index < -0.39 is 0 Å². The van der Waals surface area contributed by atoms with E-state index in [4.69, 9.17) is 0 Å². The number of hydrogen-bond donors (Lipinski definition) is 0. The van der Waals surface area contributed by atoms with Crippen LogP contribution in [0.4, 0.5) is 0 Å². The van der Waals surface area contributed by atoms with E-state index in [1.54, 1.807) is 20.8 Å². The molecule has 0 spiro atoms. The summed E-state index contributed by atoms with van der Waals surface area (Å²) in [5.74, 6) is 0. The summed E-state index contributed by atoms with van der Waals surface area (Å²) in [6.45, 7) is 0. The quantitative estimate of drug-likeness (QED) is 0.623. The minimum atomic E-state index is 1.29. The van der Waals surface area contributed by atoms with E-state index in [-0.39, 0.29) is 0 Å². The monoisotopic (exact) mass is 168 g/mol. The predicted molar refractivity (Wildman–Crippen MR) is 38.4 cm³/mol. The van der Waals surface area contributed by atoms with Crippen molar-refractivity contribution in [3.8, 4) is 0 Å². The molecular weight excluding hydrogens is 164 g/mol. The van der Waals surface area contributed by atoms with Gasteiger partial charge in [0.1, 0.15) is 37.4 Å². The number of nitrogens with zero attached hydrogens (tertiary/aromatic N) is 6. The molecule has 0 bridgehead atoms. The van der Waals surface area contributed by atoms with Crippen LogP contribution >= 0.6 is 12.1 Å². The molecule has 0 atom stereocenters. The zero-order valence-electron chi connectivity index (χ0n) is 5.40. The van der Waals surface area contributed by atoms with E-state index >= 15 is 0 Å². The van der Waals surface area contributed by atoms with Crippen molar-refractivity contribution in [2.45, 2.75) is 0 Å². The summed E-state index contributed by atoms with van der Waals surface area (Å²) < 4.78 is 3.16. The lowest BCUT2D eigenvalue weighted by Gasteiger charge is -1.94. The van der Waals surface area contributed by atoms with Crippen LogP contribution in [0, 0.1) is 0 Å². The largest absolute Gasteiger partial charge is 0.222 e. The number of rotatable bonds is 2. The highest BCUT2D eigenvalue weighted by molar-refractivity contribution is 7.96. The molecule has 0 fully saturated rings. The highest BCUT2D eigenvalue weighted by atomic mass is 32.2. The predicted octanol–water partition coefficient (Wildman–Crippen LogP) is -0.171. The average molecular weight is 168 g/mol. The average Bonchev–Trinajstić information content (AvgIpc) is 2.60. The Hall–Kier alpha value is -1.37. The molecule has 56 valence electrons. The van der Waals surface area contributed by atoms with Crippen LogP contribution in [0.5, 0.6) is 0 Å². The summed E-state index contributed by atoms with van der Waals surface area (Å²) >= 11 is 1.29. The molecule has 2 rings (SSSR count). The van der Waals surface area contributed by atoms with E-state index in [2.05, 4.69) is 20.2 Å². The molecule has 2 aromatic rings. The molecule has 0 unspecified atom stereocenters. The first kappa shape index (κ1) is 6.35. The second kappa shape index (κ2) is 2.70. The summed E-state index contributed by atoms with van der Waals surface area (Å²) in [6, 6.07) is 0. The van der Waals surface area contributed by atoms with E-state index in [1.165, 1.54) is 24.8 Å². The molecule has 0 radical (unpaired) electrons. The molecule has 0 aliphatic heterocycles. The lowest BCUT2D eigenvalue weighted by atomic mass is 11.3. The van der Waals surface area contributed by atoms with Gasteiger partial charge in [0.05, 0.1) is 0 Å². The summed E-state index contributed by atoms with van der Waals surface area (Å²) in [4.78, 5) is 7.54. The molecule has 0 aromatic carbocycles. The van der Waals surface area contributed by atoms with Gasteiger partial charge in [0, 0.05) is 0 Å². The van der Waals surface area contributed by atoms with Gasteiger partial charge in [-0.15, -0.1) is 10.2 Å². The van der Waals surface area contributed by atoms with Gasteiger partial charge in [-0.05, 0) is 0 Å². The van der Waals surface area contributed by atoms with E-state index in [0.717, 1.165) is 0 Å². The molecule has 0 amide bonds. The Labute approximate surface area is 66.5 Å². The van der Waals surface area contributed by atoms with Gasteiger partial charge in [-0.25, -0.2) is 9.97 Å². The van der Waals surface area contributed by atoms with Crippen LogP contribution in [-0.4, -0.2) is 28.3 Å². The molecule has 0 aliphatic carbocycles. The van der Waals surface area contributed by atoms with Crippen molar-refractivity contribution in [3.63, 3.8) is 0 Å². The lowest BCUT2D eigenvalue weighted by molar-refractivity contribution is 0.943. The first-order valence-electron chi connectivity index (χ1n) is 2.83. The Kier molecular flexibility index (Phi) is 1.56. The van der Waals surface area contributed by atoms with Crippen LogP contribution in [0.15, 0.2) is 25.3 Å². The van der Waals surface area contributed by atoms with E-state index in [1.807, 2.05) is 0 Å². The molecule has 6 nitrogen and oxygen atoms in total. The van der Waals surface area contributed by atoms with Crippen LogP contribution in [-0.2, 0) is 0 Å². The van der Waals surface area contributed by atoms with Crippen LogP contribution in [0.25, 0.3) is 0 Å². The van der Waals surface area contributed by atoms with Crippen LogP contribution in [0.3, 0.4) is 0 Å². The topological polar surface area (TPSA) is 61.4 Å². The van der Waals surface area contributed by atoms with Crippen molar-refractivity contribution in [2.24, 2.45) is 0 Å². The minimum Gasteiger partial charge on any atom is -0.222 e. The zero-order valence-corrected chi connectivity index (χ0v) is 6.22. The fourth-order valence-corrected chi connectivity index (χ4v) is 1.10. The molecule has 7 heteroatoms. The summed E-state index contributed by atoms with van der Waals surface area (Å²) in [5, 5.41) is 7.74. The fourth-order valence-electron chi connectivity index (χ4n) is 0.565. The summed E-state index contributed by atoms with van der Waals surface area (Å²) in [7, 11) is 0. The van der Waals surface area contributed by atoms with Gasteiger partial charge in [-0.1, -0.05) is 0 Å². The maximum Gasteiger partial charge on any atom is 0.138 e. The highest BCUT2D eigenvalue weighted by Crippen LogP contribution is 2.02. The molecule has 0 aliphatic rings. The normalized spacial score (nSPS) is 10.2. The SMILES string of the molecule is c1ncn(Sn2cncn2)n1. The van der Waals surface area contributed by atoms with Crippen molar-refractivity contribution in [2.75, 3.05) is 0 Å². The van der Waals surface area contributed by atoms with Gasteiger partial charge in [-0.2, -0.15) is 8.17 Å². The maximum absolute atomic E-state index is 3.87. The number of hydrogen-bond acceptors (Lipinski definition) is 5. The number of aromatic nitrogens is 6. The van der Waals surface area contributed by atoms with Crippen LogP contribution in [0.1, 0.15) is 0 Å². The summed E-state index contributed by atoms with van der Waals surface area (Å²) in [5.41, 5.74) is 0. The molecule has 0 saturated carbocycles. The second-order valence-corrected chi connectivity index (χ2v) is 2.59. The molecule has 0 saturated heterocycles. The third kappa shape index (κ3) is 1.37. The van der Waals surface area contributed by atoms with Gasteiger partial charge in [0.2, 0.25) is 0 Å². The Morgan fingerprint density at radius 3 is 1.82 bits per heavy atom. The first-order valence-corrected chi connectivity index (χ1v) is 3.56. The minimum absolute atomic E-state index is 1.29. The second-order valence-electron chi connectivity index (χ2n) is 1.68. The van der Waals surface area contributed by atoms with Crippen LogP contribution < -0.4 is 0 Å². The van der Waals surface area contributed by atoms with Crippen molar-refractivity contribution >= 4 is 12.1 Å². The van der Waals surface area contributed by atoms with Gasteiger partial charge in [0.15, 0.2) is 0 Å². The van der Waals surface area contributed by atoms with Crippen molar-refractivity contribution in [1.29, 1.82) is 0 Å².